The maximum atomic E-state index is 11.4. The number of carboxylic acid groups (broad SMARTS) is 1. The molecule has 0 aromatic heterocycles. The van der Waals surface area contributed by atoms with E-state index in [-0.39, 0.29) is 16.7 Å². The normalized spacial score (nSPS) is 18.8. The van der Waals surface area contributed by atoms with Crippen LogP contribution in [0.2, 0.25) is 0 Å². The Hall–Kier alpha value is -2.11. The molecule has 1 atom stereocenters. The Morgan fingerprint density at radius 1 is 1.43 bits per heavy atom. The van der Waals surface area contributed by atoms with Crippen molar-refractivity contribution < 1.29 is 14.8 Å². The number of anilines is 1. The lowest BCUT2D eigenvalue weighted by Gasteiger charge is -2.27. The summed E-state index contributed by atoms with van der Waals surface area (Å²) in [5.41, 5.74) is 0.542. The van der Waals surface area contributed by atoms with Crippen molar-refractivity contribution in [1.82, 2.24) is 0 Å². The van der Waals surface area contributed by atoms with Crippen LogP contribution in [-0.2, 0) is 0 Å². The Morgan fingerprint density at radius 3 is 2.57 bits per heavy atom. The van der Waals surface area contributed by atoms with Crippen molar-refractivity contribution in [3.05, 3.63) is 33.9 Å². The summed E-state index contributed by atoms with van der Waals surface area (Å²) in [7, 11) is 0. The summed E-state index contributed by atoms with van der Waals surface area (Å²) >= 11 is 0. The van der Waals surface area contributed by atoms with Crippen LogP contribution >= 0.6 is 0 Å². The van der Waals surface area contributed by atoms with Crippen molar-refractivity contribution in [2.75, 3.05) is 18.0 Å². The summed E-state index contributed by atoms with van der Waals surface area (Å²) < 4.78 is 0. The van der Waals surface area contributed by atoms with Crippen LogP contribution in [-0.4, -0.2) is 29.1 Å². The molecule has 1 aromatic rings. The van der Waals surface area contributed by atoms with Gasteiger partial charge >= 0.3 is 5.97 Å². The minimum atomic E-state index is -1.13. The highest BCUT2D eigenvalue weighted by Crippen LogP contribution is 2.37. The highest BCUT2D eigenvalue weighted by Gasteiger charge is 2.33. The molecule has 0 radical (unpaired) electrons. The number of benzene rings is 1. The van der Waals surface area contributed by atoms with Crippen LogP contribution in [0, 0.1) is 21.4 Å². The zero-order valence-corrected chi connectivity index (χ0v) is 12.5. The van der Waals surface area contributed by atoms with Gasteiger partial charge in [-0.15, -0.1) is 0 Å². The highest BCUT2D eigenvalue weighted by atomic mass is 16.6. The maximum absolute atomic E-state index is 11.4. The van der Waals surface area contributed by atoms with Crippen LogP contribution in [0.3, 0.4) is 0 Å². The van der Waals surface area contributed by atoms with Gasteiger partial charge in [-0.2, -0.15) is 0 Å². The van der Waals surface area contributed by atoms with Gasteiger partial charge in [0.25, 0.3) is 5.69 Å². The fraction of sp³-hybridized carbons (Fsp3) is 0.533. The zero-order chi connectivity index (χ0) is 15.8. The van der Waals surface area contributed by atoms with Crippen molar-refractivity contribution in [2.45, 2.75) is 27.2 Å². The molecule has 1 heterocycles. The van der Waals surface area contributed by atoms with Gasteiger partial charge in [-0.25, -0.2) is 4.79 Å². The lowest BCUT2D eigenvalue weighted by atomic mass is 9.80. The molecular weight excluding hydrogens is 272 g/mol. The second-order valence-corrected chi connectivity index (χ2v) is 6.56. The van der Waals surface area contributed by atoms with E-state index in [9.17, 15) is 20.0 Å². The second-order valence-electron chi connectivity index (χ2n) is 6.56. The number of carboxylic acids is 1. The number of aromatic carboxylic acids is 1. The summed E-state index contributed by atoms with van der Waals surface area (Å²) in [6.45, 7) is 8.08. The van der Waals surface area contributed by atoms with Gasteiger partial charge in [-0.05, 0) is 23.8 Å². The Labute approximate surface area is 123 Å². The van der Waals surface area contributed by atoms with E-state index < -0.39 is 10.9 Å². The monoisotopic (exact) mass is 292 g/mol. The van der Waals surface area contributed by atoms with Gasteiger partial charge in [-0.3, -0.25) is 10.1 Å². The van der Waals surface area contributed by atoms with Crippen LogP contribution < -0.4 is 4.90 Å². The topological polar surface area (TPSA) is 83.7 Å². The van der Waals surface area contributed by atoms with Crippen molar-refractivity contribution in [3.63, 3.8) is 0 Å². The molecule has 1 saturated heterocycles. The van der Waals surface area contributed by atoms with E-state index in [1.165, 1.54) is 6.07 Å². The molecule has 1 aliphatic heterocycles. The maximum Gasteiger partial charge on any atom is 0.338 e. The number of non-ortho nitro benzene ring substituents is 1. The molecule has 21 heavy (non-hydrogen) atoms. The highest BCUT2D eigenvalue weighted by molar-refractivity contribution is 5.95. The standard InChI is InChI=1S/C15H20N2O4/c1-15(2,3)10-6-7-16(9-10)13-5-4-11(17(20)21)8-12(13)14(18)19/h4-5,8,10H,6-7,9H2,1-3H3,(H,18,19). The first kappa shape index (κ1) is 15.3. The van der Waals surface area contributed by atoms with E-state index in [1.807, 2.05) is 4.90 Å². The minimum absolute atomic E-state index is 0.00115. The molecule has 0 bridgehead atoms. The van der Waals surface area contributed by atoms with E-state index >= 15 is 0 Å². The summed E-state index contributed by atoms with van der Waals surface area (Å²) in [6.07, 6.45) is 1.000. The number of hydrogen-bond donors (Lipinski definition) is 1. The Balaban J connectivity index is 2.32. The van der Waals surface area contributed by atoms with Crippen LogP contribution in [0.25, 0.3) is 0 Å². The van der Waals surface area contributed by atoms with Crippen molar-refractivity contribution in [3.8, 4) is 0 Å². The largest absolute Gasteiger partial charge is 0.478 e. The zero-order valence-electron chi connectivity index (χ0n) is 12.5. The van der Waals surface area contributed by atoms with E-state index in [1.54, 1.807) is 6.07 Å². The molecule has 2 rings (SSSR count). The molecule has 1 aliphatic rings. The molecular formula is C15H20N2O4. The van der Waals surface area contributed by atoms with Gasteiger partial charge in [-0.1, -0.05) is 20.8 Å². The van der Waals surface area contributed by atoms with E-state index in [0.717, 1.165) is 25.6 Å². The molecule has 6 nitrogen and oxygen atoms in total. The number of nitro groups is 1. The van der Waals surface area contributed by atoms with Crippen LogP contribution in [0.4, 0.5) is 11.4 Å². The second kappa shape index (κ2) is 5.35. The van der Waals surface area contributed by atoms with Gasteiger partial charge in [0.05, 0.1) is 16.2 Å². The Kier molecular flexibility index (Phi) is 3.89. The molecule has 1 fully saturated rings. The van der Waals surface area contributed by atoms with E-state index in [2.05, 4.69) is 20.8 Å². The average Bonchev–Trinajstić information content (AvgIpc) is 2.87. The van der Waals surface area contributed by atoms with Crippen molar-refractivity contribution in [1.29, 1.82) is 0 Å². The number of carbonyl (C=O) groups is 1. The van der Waals surface area contributed by atoms with Gasteiger partial charge in [0.1, 0.15) is 0 Å². The quantitative estimate of drug-likeness (QED) is 0.683. The first-order chi connectivity index (χ1) is 9.70. The average molecular weight is 292 g/mol. The fourth-order valence-corrected chi connectivity index (χ4v) is 2.77. The van der Waals surface area contributed by atoms with Crippen LogP contribution in [0.15, 0.2) is 18.2 Å². The van der Waals surface area contributed by atoms with Gasteiger partial charge in [0, 0.05) is 25.2 Å². The van der Waals surface area contributed by atoms with Crippen LogP contribution in [0.1, 0.15) is 37.6 Å². The summed E-state index contributed by atoms with van der Waals surface area (Å²) in [4.78, 5) is 23.6. The minimum Gasteiger partial charge on any atom is -0.478 e. The van der Waals surface area contributed by atoms with Gasteiger partial charge in [0.2, 0.25) is 0 Å². The molecule has 1 unspecified atom stereocenters. The predicted octanol–water partition coefficient (Wildman–Crippen LogP) is 3.17. The first-order valence-electron chi connectivity index (χ1n) is 6.97. The third-order valence-corrected chi connectivity index (χ3v) is 4.18. The SMILES string of the molecule is CC(C)(C)C1CCN(c2ccc([N+](=O)[O-])cc2C(=O)O)C1. The molecule has 0 spiro atoms. The smallest absolute Gasteiger partial charge is 0.338 e. The Morgan fingerprint density at radius 2 is 2.10 bits per heavy atom. The molecule has 114 valence electrons. The summed E-state index contributed by atoms with van der Waals surface area (Å²) in [5, 5.41) is 20.1. The van der Waals surface area contributed by atoms with E-state index in [0.29, 0.717) is 11.6 Å². The number of nitro benzene ring substituents is 1. The molecule has 0 saturated carbocycles. The van der Waals surface area contributed by atoms with Gasteiger partial charge in [0.15, 0.2) is 0 Å². The lowest BCUT2D eigenvalue weighted by molar-refractivity contribution is -0.384. The Bertz CT molecular complexity index is 578. The third-order valence-electron chi connectivity index (χ3n) is 4.18. The predicted molar refractivity (Wildman–Crippen MR) is 79.8 cm³/mol. The number of hydrogen-bond acceptors (Lipinski definition) is 4. The lowest BCUT2D eigenvalue weighted by Crippen LogP contribution is -2.26. The molecule has 6 heteroatoms. The van der Waals surface area contributed by atoms with E-state index in [4.69, 9.17) is 0 Å². The molecule has 1 aromatic carbocycles. The number of nitrogens with zero attached hydrogens (tertiary/aromatic N) is 2. The van der Waals surface area contributed by atoms with Crippen LogP contribution in [0.5, 0.6) is 0 Å². The summed E-state index contributed by atoms with van der Waals surface area (Å²) in [6, 6.07) is 4.06. The molecule has 0 amide bonds. The van der Waals surface area contributed by atoms with Crippen molar-refractivity contribution >= 4 is 17.3 Å². The third kappa shape index (κ3) is 3.15. The molecule has 1 N–H and O–H groups in total. The first-order valence-corrected chi connectivity index (χ1v) is 6.97. The molecule has 0 aliphatic carbocycles. The fourth-order valence-electron chi connectivity index (χ4n) is 2.77. The van der Waals surface area contributed by atoms with Gasteiger partial charge < -0.3 is 10.0 Å². The number of rotatable bonds is 3. The summed E-state index contributed by atoms with van der Waals surface area (Å²) in [5.74, 6) is -0.651. The van der Waals surface area contributed by atoms with Crippen molar-refractivity contribution in [2.24, 2.45) is 11.3 Å².